The van der Waals surface area contributed by atoms with Gasteiger partial charge in [0, 0.05) is 6.04 Å². The molecule has 0 aliphatic carbocycles. The maximum absolute atomic E-state index is 13.1. The first-order valence-electron chi connectivity index (χ1n) is 10.3. The van der Waals surface area contributed by atoms with E-state index in [1.54, 1.807) is 6.07 Å². The van der Waals surface area contributed by atoms with Crippen molar-refractivity contribution in [2.24, 2.45) is 5.10 Å². The van der Waals surface area contributed by atoms with Crippen LogP contribution in [0.25, 0.3) is 0 Å². The van der Waals surface area contributed by atoms with Gasteiger partial charge in [0.05, 0.1) is 22.4 Å². The Bertz CT molecular complexity index is 1160. The molecule has 0 fully saturated rings. The van der Waals surface area contributed by atoms with Gasteiger partial charge in [-0.05, 0) is 37.1 Å². The molecule has 1 N–H and O–H groups in total. The molecule has 0 saturated carbocycles. The number of alkyl halides is 3. The molecule has 8 nitrogen and oxygen atoms in total. The molecule has 2 amide bonds. The molecule has 186 valence electrons. The number of carbonyl (C=O) groups excluding carboxylic acids is 4. The first-order chi connectivity index (χ1) is 16.1. The van der Waals surface area contributed by atoms with Crippen molar-refractivity contribution in [3.63, 3.8) is 0 Å². The Kier molecular flexibility index (Phi) is 8.92. The first kappa shape index (κ1) is 27.7. The van der Waals surface area contributed by atoms with Gasteiger partial charge in [-0.2, -0.15) is 13.2 Å². The fraction of sp³-hybridized carbons (Fsp3) is 0.261. The normalized spacial score (nSPS) is 13.4. The fourth-order valence-corrected chi connectivity index (χ4v) is 3.46. The number of halogens is 3. The van der Waals surface area contributed by atoms with Gasteiger partial charge >= 0.3 is 34.4 Å². The Hall–Kier alpha value is -3.53. The Labute approximate surface area is 208 Å². The van der Waals surface area contributed by atoms with Gasteiger partial charge in [-0.1, -0.05) is 38.1 Å². The molecule has 0 radical (unpaired) electrons. The van der Waals surface area contributed by atoms with Crippen LogP contribution in [0.1, 0.15) is 57.8 Å². The number of carbonyl (C=O) groups is 4. The van der Waals surface area contributed by atoms with Crippen LogP contribution in [0.5, 0.6) is 0 Å². The number of rotatable bonds is 7. The van der Waals surface area contributed by atoms with Crippen molar-refractivity contribution in [3.8, 4) is 0 Å². The topological polar surface area (TPSA) is 105 Å². The van der Waals surface area contributed by atoms with Crippen LogP contribution in [-0.2, 0) is 26.0 Å². The van der Waals surface area contributed by atoms with E-state index in [0.29, 0.717) is 12.8 Å². The summed E-state index contributed by atoms with van der Waals surface area (Å²) < 4.78 is 43.8. The molecule has 1 heterocycles. The number of nitrogens with zero attached hydrogens (tertiary/aromatic N) is 2. The summed E-state index contributed by atoms with van der Waals surface area (Å²) in [5.74, 6) is -6.48. The number of benzene rings is 2. The van der Waals surface area contributed by atoms with Crippen molar-refractivity contribution in [3.05, 3.63) is 65.2 Å². The predicted molar refractivity (Wildman–Crippen MR) is 115 cm³/mol. The zero-order valence-electron chi connectivity index (χ0n) is 18.5. The summed E-state index contributed by atoms with van der Waals surface area (Å²) in [4.78, 5) is 50.9. The maximum atomic E-state index is 13.1. The predicted octanol–water partition coefficient (Wildman–Crippen LogP) is 4.18. The summed E-state index contributed by atoms with van der Waals surface area (Å²) in [6, 6.07) is 10.8. The minimum atomic E-state index is -5.38. The molecule has 2 aromatic carbocycles. The number of fused-ring (bicyclic) bond motifs is 1. The van der Waals surface area contributed by atoms with E-state index in [1.807, 2.05) is 13.8 Å². The molecule has 1 aliphatic heterocycles. The van der Waals surface area contributed by atoms with Crippen LogP contribution >= 0.6 is 0 Å². The Morgan fingerprint density at radius 1 is 1.00 bits per heavy atom. The number of ketones is 1. The summed E-state index contributed by atoms with van der Waals surface area (Å²) in [6.45, 7) is 3.63. The molecular weight excluding hydrogens is 514 g/mol. The van der Waals surface area contributed by atoms with Crippen molar-refractivity contribution in [2.45, 2.75) is 38.9 Å². The van der Waals surface area contributed by atoms with Gasteiger partial charge in [0.15, 0.2) is 0 Å². The number of hydrogen-bond donors (Lipinski definition) is 1. The number of esters is 1. The average molecular weight is 534 g/mol. The second-order valence-electron chi connectivity index (χ2n) is 7.29. The Morgan fingerprint density at radius 3 is 2.20 bits per heavy atom. The third-order valence-corrected chi connectivity index (χ3v) is 5.18. The number of hydrogen-bond acceptors (Lipinski definition) is 7. The van der Waals surface area contributed by atoms with Crippen LogP contribution in [0, 0.1) is 0 Å². The van der Waals surface area contributed by atoms with Gasteiger partial charge in [-0.3, -0.25) is 24.7 Å². The van der Waals surface area contributed by atoms with E-state index in [-0.39, 0.29) is 44.9 Å². The van der Waals surface area contributed by atoms with Gasteiger partial charge in [-0.25, -0.2) is 4.79 Å². The summed E-state index contributed by atoms with van der Waals surface area (Å²) in [5.41, 5.74) is 1.91. The molecule has 3 rings (SSSR count). The summed E-state index contributed by atoms with van der Waals surface area (Å²) in [7, 11) is 0. The van der Waals surface area contributed by atoms with Crippen LogP contribution in [0.2, 0.25) is 0 Å². The second kappa shape index (κ2) is 11.3. The monoisotopic (exact) mass is 533 g/mol. The number of Topliss-reactive ketones (excluding diaryl/α,β-unsaturated/α-hetero) is 1. The Balaban J connectivity index is 0.00000432. The van der Waals surface area contributed by atoms with E-state index in [2.05, 4.69) is 15.3 Å². The molecule has 12 heteroatoms. The van der Waals surface area contributed by atoms with Gasteiger partial charge < -0.3 is 4.74 Å². The number of hydrazone groups is 1. The molecule has 0 atom stereocenters. The van der Waals surface area contributed by atoms with Crippen molar-refractivity contribution in [2.75, 3.05) is 5.43 Å². The van der Waals surface area contributed by atoms with Crippen molar-refractivity contribution < 1.29 is 53.6 Å². The molecule has 1 aliphatic rings. The van der Waals surface area contributed by atoms with Gasteiger partial charge in [0.1, 0.15) is 0 Å². The number of nitrogens with one attached hydrogen (secondary N) is 1. The zero-order valence-corrected chi connectivity index (χ0v) is 19.5. The number of imide groups is 1. The van der Waals surface area contributed by atoms with Crippen LogP contribution < -0.4 is 5.43 Å². The van der Waals surface area contributed by atoms with E-state index < -0.39 is 35.6 Å². The zero-order chi connectivity index (χ0) is 25.0. The van der Waals surface area contributed by atoms with Crippen molar-refractivity contribution in [1.82, 2.24) is 4.90 Å². The SMILES string of the molecule is CCC(CC)N1C(=O)c2cccc(NN=C(OC(=O)c3ccccc3)C(=O)C(F)(F)F)c2C1=O.[Ni+2]. The van der Waals surface area contributed by atoms with E-state index in [0.717, 1.165) is 4.90 Å². The third-order valence-electron chi connectivity index (χ3n) is 5.18. The van der Waals surface area contributed by atoms with E-state index in [4.69, 9.17) is 0 Å². The standard InChI is InChI=1S/C23H20F3N3O5.Ni/c1-3-14(4-2)29-20(31)15-11-8-12-16(17(15)21(29)32)27-28-19(18(30)23(24,25)26)34-22(33)13-9-6-5-7-10-13;/h5-12,14,27H,3-4H2,1-2H3;/q;+2. The van der Waals surface area contributed by atoms with Crippen LogP contribution in [0.4, 0.5) is 18.9 Å². The van der Waals surface area contributed by atoms with Crippen LogP contribution in [-0.4, -0.2) is 46.6 Å². The van der Waals surface area contributed by atoms with Gasteiger partial charge in [0.25, 0.3) is 17.7 Å². The van der Waals surface area contributed by atoms with E-state index in [9.17, 15) is 32.3 Å². The van der Waals surface area contributed by atoms with E-state index in [1.165, 1.54) is 42.5 Å². The van der Waals surface area contributed by atoms with Gasteiger partial charge in [0.2, 0.25) is 0 Å². The fourth-order valence-electron chi connectivity index (χ4n) is 3.46. The van der Waals surface area contributed by atoms with Crippen LogP contribution in [0.3, 0.4) is 0 Å². The van der Waals surface area contributed by atoms with Crippen molar-refractivity contribution in [1.29, 1.82) is 0 Å². The summed E-state index contributed by atoms with van der Waals surface area (Å²) >= 11 is 0. The van der Waals surface area contributed by atoms with E-state index >= 15 is 0 Å². The largest absolute Gasteiger partial charge is 2.00 e. The van der Waals surface area contributed by atoms with Gasteiger partial charge in [-0.15, -0.1) is 5.10 Å². The third kappa shape index (κ3) is 5.76. The molecule has 0 aromatic heterocycles. The molecule has 0 bridgehead atoms. The first-order valence-corrected chi connectivity index (χ1v) is 10.3. The maximum Gasteiger partial charge on any atom is 2.00 e. The van der Waals surface area contributed by atoms with Crippen molar-refractivity contribution >= 4 is 35.2 Å². The molecule has 0 spiro atoms. The number of ether oxygens (including phenoxy) is 1. The molecule has 35 heavy (non-hydrogen) atoms. The summed E-state index contributed by atoms with van der Waals surface area (Å²) in [6.07, 6.45) is -4.35. The minimum Gasteiger partial charge on any atom is -0.398 e. The molecule has 0 saturated heterocycles. The number of amides is 2. The molecular formula is C23H20F3N3NiO5+2. The quantitative estimate of drug-likeness (QED) is 0.143. The summed E-state index contributed by atoms with van der Waals surface area (Å²) in [5, 5.41) is 3.35. The second-order valence-corrected chi connectivity index (χ2v) is 7.29. The average Bonchev–Trinajstić information content (AvgIpc) is 3.08. The Morgan fingerprint density at radius 2 is 1.63 bits per heavy atom. The number of anilines is 1. The minimum absolute atomic E-state index is 0. The molecule has 2 aromatic rings. The smallest absolute Gasteiger partial charge is 0.398 e. The van der Waals surface area contributed by atoms with Crippen LogP contribution in [0.15, 0.2) is 53.6 Å². The molecule has 0 unspecified atom stereocenters.